The highest BCUT2D eigenvalue weighted by Gasteiger charge is 2.29. The number of amides is 3. The van der Waals surface area contributed by atoms with Crippen molar-refractivity contribution in [3.8, 4) is 16.2 Å². The SMILES string of the molecule is Cc1nc(NC(=O)Nc2ccc(OCC[C@H](NC(=O)OC(C)(C)C)C(=O)OC3CCCC3)cc2)sc1-c1ccc(Cl)c(S(C)(=O)=O)c1. The second-order valence-electron chi connectivity index (χ2n) is 12.1. The average Bonchev–Trinajstić information content (AvgIpc) is 3.61. The molecule has 1 atom stereocenters. The highest BCUT2D eigenvalue weighted by Crippen LogP contribution is 2.36. The fraction of sp³-hybridized carbons (Fsp3) is 0.438. The molecule has 0 spiro atoms. The van der Waals surface area contributed by atoms with E-state index in [2.05, 4.69) is 20.9 Å². The van der Waals surface area contributed by atoms with Crippen molar-refractivity contribution < 1.29 is 37.0 Å². The third-order valence-corrected chi connectivity index (χ3v) is 9.66. The zero-order valence-electron chi connectivity index (χ0n) is 26.8. The minimum Gasteiger partial charge on any atom is -0.493 e. The first-order valence-corrected chi connectivity index (χ1v) is 18.1. The van der Waals surface area contributed by atoms with Gasteiger partial charge in [-0.2, -0.15) is 0 Å². The van der Waals surface area contributed by atoms with Crippen LogP contribution in [0.1, 0.15) is 58.6 Å². The molecule has 3 amide bonds. The molecule has 15 heteroatoms. The summed E-state index contributed by atoms with van der Waals surface area (Å²) in [6, 6.07) is 9.87. The second kappa shape index (κ2) is 15.3. The van der Waals surface area contributed by atoms with Crippen LogP contribution in [-0.4, -0.2) is 62.1 Å². The van der Waals surface area contributed by atoms with Crippen LogP contribution < -0.4 is 20.7 Å². The van der Waals surface area contributed by atoms with E-state index in [1.165, 1.54) is 23.5 Å². The predicted octanol–water partition coefficient (Wildman–Crippen LogP) is 6.97. The van der Waals surface area contributed by atoms with Crippen molar-refractivity contribution in [3.63, 3.8) is 0 Å². The van der Waals surface area contributed by atoms with Crippen molar-refractivity contribution in [1.29, 1.82) is 0 Å². The number of aryl methyl sites for hydroxylation is 1. The van der Waals surface area contributed by atoms with Gasteiger partial charge >= 0.3 is 18.1 Å². The number of alkyl carbamates (subject to hydrolysis) is 1. The quantitative estimate of drug-likeness (QED) is 0.179. The van der Waals surface area contributed by atoms with Crippen LogP contribution in [-0.2, 0) is 24.1 Å². The van der Waals surface area contributed by atoms with E-state index in [4.69, 9.17) is 25.8 Å². The Balaban J connectivity index is 1.31. The first kappa shape index (κ1) is 36.0. The van der Waals surface area contributed by atoms with E-state index in [1.807, 2.05) is 0 Å². The van der Waals surface area contributed by atoms with E-state index in [0.717, 1.165) is 31.9 Å². The van der Waals surface area contributed by atoms with Gasteiger partial charge < -0.3 is 24.8 Å². The number of sulfone groups is 1. The fourth-order valence-electron chi connectivity index (χ4n) is 4.79. The number of hydrogen-bond donors (Lipinski definition) is 3. The largest absolute Gasteiger partial charge is 0.493 e. The zero-order chi connectivity index (χ0) is 34.4. The van der Waals surface area contributed by atoms with Crippen LogP contribution in [0.2, 0.25) is 5.02 Å². The molecular weight excluding hydrogens is 668 g/mol. The normalized spacial score (nSPS) is 14.3. The lowest BCUT2D eigenvalue weighted by Crippen LogP contribution is -2.45. The van der Waals surface area contributed by atoms with Gasteiger partial charge in [0.1, 0.15) is 23.5 Å². The minimum absolute atomic E-state index is 0.0169. The van der Waals surface area contributed by atoms with Crippen molar-refractivity contribution >= 4 is 61.7 Å². The molecular formula is C32H39ClN4O8S2. The summed E-state index contributed by atoms with van der Waals surface area (Å²) in [4.78, 5) is 43.0. The highest BCUT2D eigenvalue weighted by molar-refractivity contribution is 7.90. The van der Waals surface area contributed by atoms with Crippen molar-refractivity contribution in [1.82, 2.24) is 10.3 Å². The van der Waals surface area contributed by atoms with Crippen molar-refractivity contribution in [2.24, 2.45) is 0 Å². The van der Waals surface area contributed by atoms with Crippen LogP contribution in [0.3, 0.4) is 0 Å². The number of thiazole rings is 1. The summed E-state index contributed by atoms with van der Waals surface area (Å²) in [7, 11) is -3.53. The number of esters is 1. The molecule has 0 unspecified atom stereocenters. The van der Waals surface area contributed by atoms with Gasteiger partial charge in [-0.25, -0.2) is 27.8 Å². The second-order valence-corrected chi connectivity index (χ2v) is 15.5. The smallest absolute Gasteiger partial charge is 0.408 e. The Bertz CT molecular complexity index is 1700. The van der Waals surface area contributed by atoms with E-state index in [-0.39, 0.29) is 29.0 Å². The molecule has 12 nitrogen and oxygen atoms in total. The van der Waals surface area contributed by atoms with E-state index in [9.17, 15) is 22.8 Å². The van der Waals surface area contributed by atoms with Crippen molar-refractivity contribution in [2.45, 2.75) is 82.4 Å². The molecule has 1 aliphatic carbocycles. The lowest BCUT2D eigenvalue weighted by molar-refractivity contribution is -0.151. The summed E-state index contributed by atoms with van der Waals surface area (Å²) in [5.74, 6) is -0.0287. The maximum atomic E-state index is 12.9. The number of urea groups is 1. The maximum Gasteiger partial charge on any atom is 0.408 e. The molecule has 1 aliphatic rings. The number of hydrogen-bond acceptors (Lipinski definition) is 10. The standard InChI is InChI=1S/C32H39ClN4O8S2/c1-19-27(20-10-15-24(33)26(18-20)47(5,41)42)46-30(34-19)37-29(39)35-21-11-13-22(14-12-21)43-17-16-25(36-31(40)45-32(2,3)4)28(38)44-23-8-6-7-9-23/h10-15,18,23,25H,6-9,16-17H2,1-5H3,(H,36,40)(H2,34,35,37,39)/t25-/m0/s1. The van der Waals surface area contributed by atoms with E-state index in [0.29, 0.717) is 32.7 Å². The molecule has 2 aromatic carbocycles. The molecule has 0 radical (unpaired) electrons. The number of anilines is 2. The van der Waals surface area contributed by atoms with E-state index >= 15 is 0 Å². The number of rotatable bonds is 11. The molecule has 3 aromatic rings. The van der Waals surface area contributed by atoms with Crippen LogP contribution in [0.4, 0.5) is 20.4 Å². The molecule has 0 bridgehead atoms. The molecule has 0 aliphatic heterocycles. The number of carbonyl (C=O) groups is 3. The molecule has 0 saturated heterocycles. The topological polar surface area (TPSA) is 162 Å². The minimum atomic E-state index is -3.53. The fourth-order valence-corrected chi connectivity index (χ4v) is 7.05. The van der Waals surface area contributed by atoms with Gasteiger partial charge in [0.25, 0.3) is 0 Å². The van der Waals surface area contributed by atoms with E-state index < -0.39 is 39.6 Å². The molecule has 1 heterocycles. The molecule has 254 valence electrons. The van der Waals surface area contributed by atoms with Gasteiger partial charge in [-0.15, -0.1) is 0 Å². The zero-order valence-corrected chi connectivity index (χ0v) is 29.2. The van der Waals surface area contributed by atoms with Crippen LogP contribution in [0, 0.1) is 6.92 Å². The summed E-state index contributed by atoms with van der Waals surface area (Å²) < 4.78 is 40.9. The number of benzene rings is 2. The first-order valence-electron chi connectivity index (χ1n) is 15.1. The van der Waals surface area contributed by atoms with Gasteiger partial charge in [-0.3, -0.25) is 5.32 Å². The van der Waals surface area contributed by atoms with E-state index in [1.54, 1.807) is 58.0 Å². The van der Waals surface area contributed by atoms with Crippen molar-refractivity contribution in [3.05, 3.63) is 53.2 Å². The molecule has 1 saturated carbocycles. The van der Waals surface area contributed by atoms with Gasteiger partial charge in [0.15, 0.2) is 15.0 Å². The van der Waals surface area contributed by atoms with Gasteiger partial charge in [-0.1, -0.05) is 29.0 Å². The molecule has 4 rings (SSSR count). The Morgan fingerprint density at radius 3 is 2.38 bits per heavy atom. The first-order chi connectivity index (χ1) is 22.1. The number of aromatic nitrogens is 1. The monoisotopic (exact) mass is 706 g/mol. The Morgan fingerprint density at radius 1 is 1.06 bits per heavy atom. The average molecular weight is 707 g/mol. The maximum absolute atomic E-state index is 12.9. The predicted molar refractivity (Wildman–Crippen MR) is 181 cm³/mol. The number of carbonyl (C=O) groups excluding carboxylic acids is 3. The molecule has 1 fully saturated rings. The van der Waals surface area contributed by atoms with Crippen LogP contribution in [0.5, 0.6) is 5.75 Å². The van der Waals surface area contributed by atoms with Crippen molar-refractivity contribution in [2.75, 3.05) is 23.5 Å². The molecule has 3 N–H and O–H groups in total. The van der Waals surface area contributed by atoms with Gasteiger partial charge in [0.2, 0.25) is 0 Å². The van der Waals surface area contributed by atoms with Gasteiger partial charge in [0.05, 0.1) is 27.1 Å². The summed E-state index contributed by atoms with van der Waals surface area (Å²) in [5.41, 5.74) is 0.998. The lowest BCUT2D eigenvalue weighted by atomic mass is 10.2. The molecule has 47 heavy (non-hydrogen) atoms. The Labute approximate surface area is 283 Å². The van der Waals surface area contributed by atoms with Gasteiger partial charge in [0, 0.05) is 18.4 Å². The lowest BCUT2D eigenvalue weighted by Gasteiger charge is -2.24. The highest BCUT2D eigenvalue weighted by atomic mass is 35.5. The van der Waals surface area contributed by atoms with Gasteiger partial charge in [-0.05, 0) is 95.3 Å². The number of nitrogens with one attached hydrogen (secondary N) is 3. The Morgan fingerprint density at radius 2 is 1.74 bits per heavy atom. The Kier molecular flexibility index (Phi) is 11.7. The summed E-state index contributed by atoms with van der Waals surface area (Å²) >= 11 is 7.28. The third-order valence-electron chi connectivity index (χ3n) is 6.96. The summed E-state index contributed by atoms with van der Waals surface area (Å²) in [6.45, 7) is 7.08. The third kappa shape index (κ3) is 10.8. The number of halogens is 1. The summed E-state index contributed by atoms with van der Waals surface area (Å²) in [5, 5.41) is 8.49. The molecule has 1 aromatic heterocycles. The number of ether oxygens (including phenoxy) is 3. The van der Waals surface area contributed by atoms with Crippen LogP contribution in [0.25, 0.3) is 10.4 Å². The number of nitrogens with zero attached hydrogens (tertiary/aromatic N) is 1. The Hall–Kier alpha value is -3.88. The van der Waals surface area contributed by atoms with Crippen LogP contribution >= 0.6 is 22.9 Å². The van der Waals surface area contributed by atoms with Crippen LogP contribution in [0.15, 0.2) is 47.4 Å². The summed E-state index contributed by atoms with van der Waals surface area (Å²) in [6.07, 6.45) is 4.01.